The van der Waals surface area contributed by atoms with Gasteiger partial charge in [-0.3, -0.25) is 0 Å². The van der Waals surface area contributed by atoms with Crippen LogP contribution in [0.3, 0.4) is 0 Å². The fourth-order valence-electron chi connectivity index (χ4n) is 2.63. The van der Waals surface area contributed by atoms with Gasteiger partial charge in [0.2, 0.25) is 0 Å². The summed E-state index contributed by atoms with van der Waals surface area (Å²) in [4.78, 5) is 17.7. The van der Waals surface area contributed by atoms with Crippen molar-refractivity contribution in [2.24, 2.45) is 4.99 Å². The molecule has 1 aliphatic rings. The van der Waals surface area contributed by atoms with Gasteiger partial charge in [-0.25, -0.2) is 4.79 Å². The van der Waals surface area contributed by atoms with Crippen LogP contribution in [0.15, 0.2) is 47.5 Å². The number of aliphatic imine (C=N–C) groups is 1. The Morgan fingerprint density at radius 3 is 2.52 bits per heavy atom. The molecular formula is C19H17Cl4N3O2S. The number of hydrogen-bond acceptors (Lipinski definition) is 3. The monoisotopic (exact) mass is 491 g/mol. The number of amides is 2. The van der Waals surface area contributed by atoms with Gasteiger partial charge in [-0.05, 0) is 30.3 Å². The molecule has 0 aromatic heterocycles. The highest BCUT2D eigenvalue weighted by atomic mass is 35.5. The van der Waals surface area contributed by atoms with Gasteiger partial charge in [0.1, 0.15) is 11.6 Å². The van der Waals surface area contributed by atoms with Gasteiger partial charge in [0.15, 0.2) is 10.6 Å². The predicted molar refractivity (Wildman–Crippen MR) is 124 cm³/mol. The van der Waals surface area contributed by atoms with E-state index >= 15 is 0 Å². The number of urea groups is 1. The summed E-state index contributed by atoms with van der Waals surface area (Å²) in [5.41, 5.74) is 0.432. The van der Waals surface area contributed by atoms with E-state index in [4.69, 9.17) is 51.1 Å². The van der Waals surface area contributed by atoms with Crippen molar-refractivity contribution in [1.82, 2.24) is 4.90 Å². The highest BCUT2D eigenvalue weighted by Crippen LogP contribution is 2.35. The number of carbonyl (C=O) groups excluding carboxylic acids is 1. The predicted octanol–water partition coefficient (Wildman–Crippen LogP) is 6.57. The molecule has 5 nitrogen and oxygen atoms in total. The van der Waals surface area contributed by atoms with E-state index in [1.54, 1.807) is 42.5 Å². The van der Waals surface area contributed by atoms with Crippen molar-refractivity contribution in [3.05, 3.63) is 52.5 Å². The molecule has 2 amide bonds. The van der Waals surface area contributed by atoms with Crippen molar-refractivity contribution < 1.29 is 9.53 Å². The van der Waals surface area contributed by atoms with Gasteiger partial charge < -0.3 is 15.0 Å². The molecule has 2 aromatic carbocycles. The average Bonchev–Trinajstić information content (AvgIpc) is 2.70. The van der Waals surface area contributed by atoms with Crippen molar-refractivity contribution in [3.8, 4) is 11.5 Å². The summed E-state index contributed by atoms with van der Waals surface area (Å²) in [6.07, 6.45) is 0. The zero-order valence-corrected chi connectivity index (χ0v) is 18.9. The number of halogens is 4. The summed E-state index contributed by atoms with van der Waals surface area (Å²) in [6.45, 7) is 1.48. The van der Waals surface area contributed by atoms with Crippen LogP contribution >= 0.6 is 58.2 Å². The first-order valence-corrected chi connectivity index (χ1v) is 11.4. The van der Waals surface area contributed by atoms with E-state index in [2.05, 4.69) is 10.3 Å². The van der Waals surface area contributed by atoms with Crippen LogP contribution < -0.4 is 10.1 Å². The van der Waals surface area contributed by atoms with Crippen LogP contribution in [0, 0.1) is 0 Å². The van der Waals surface area contributed by atoms with Gasteiger partial charge in [-0.15, -0.1) is 0 Å². The molecule has 154 valence electrons. The number of nitrogens with one attached hydrogen (secondary N) is 1. The number of amidine groups is 1. The molecule has 1 heterocycles. The highest BCUT2D eigenvalue weighted by molar-refractivity contribution is 7.99. The van der Waals surface area contributed by atoms with Gasteiger partial charge in [0.25, 0.3) is 0 Å². The lowest BCUT2D eigenvalue weighted by atomic mass is 10.3. The van der Waals surface area contributed by atoms with Gasteiger partial charge in [0, 0.05) is 29.6 Å². The van der Waals surface area contributed by atoms with Crippen LogP contribution in [0.1, 0.15) is 0 Å². The molecule has 0 atom stereocenters. The van der Waals surface area contributed by atoms with Crippen molar-refractivity contribution in [3.63, 3.8) is 0 Å². The fraction of sp³-hybridized carbons (Fsp3) is 0.263. The molecular weight excluding hydrogens is 476 g/mol. The van der Waals surface area contributed by atoms with Gasteiger partial charge in [-0.1, -0.05) is 58.5 Å². The zero-order valence-electron chi connectivity index (χ0n) is 15.1. The summed E-state index contributed by atoms with van der Waals surface area (Å²) in [5, 5.41) is 3.57. The number of carbonyl (C=O) groups is 1. The summed E-state index contributed by atoms with van der Waals surface area (Å²) in [5.74, 6) is 3.02. The Morgan fingerprint density at radius 1 is 1.10 bits per heavy atom. The lowest BCUT2D eigenvalue weighted by Crippen LogP contribution is -2.41. The van der Waals surface area contributed by atoms with Crippen molar-refractivity contribution in [2.75, 3.05) is 29.9 Å². The van der Waals surface area contributed by atoms with Crippen LogP contribution in [-0.4, -0.2) is 46.2 Å². The van der Waals surface area contributed by atoms with Gasteiger partial charge in [0.05, 0.1) is 10.7 Å². The quantitative estimate of drug-likeness (QED) is 0.298. The maximum absolute atomic E-state index is 12.5. The molecule has 2 aromatic rings. The summed E-state index contributed by atoms with van der Waals surface area (Å²) in [7, 11) is 0. The molecule has 0 unspecified atom stereocenters. The molecule has 29 heavy (non-hydrogen) atoms. The number of anilines is 1. The molecule has 10 heteroatoms. The van der Waals surface area contributed by atoms with Crippen LogP contribution in [0.2, 0.25) is 10.0 Å². The summed E-state index contributed by atoms with van der Waals surface area (Å²) in [6, 6.07) is 11.3. The number of hydrogen-bond donors (Lipinski definition) is 1. The number of benzene rings is 2. The highest BCUT2D eigenvalue weighted by Gasteiger charge is 2.22. The van der Waals surface area contributed by atoms with E-state index < -0.39 is 10.9 Å². The molecule has 0 saturated carbocycles. The average molecular weight is 493 g/mol. The zero-order chi connectivity index (χ0) is 20.8. The Bertz CT molecular complexity index is 905. The van der Waals surface area contributed by atoms with E-state index in [9.17, 15) is 4.79 Å². The van der Waals surface area contributed by atoms with Crippen LogP contribution in [-0.2, 0) is 0 Å². The second-order valence-electron chi connectivity index (χ2n) is 5.97. The van der Waals surface area contributed by atoms with Crippen LogP contribution in [0.25, 0.3) is 0 Å². The van der Waals surface area contributed by atoms with Crippen molar-refractivity contribution >= 4 is 75.7 Å². The Morgan fingerprint density at radius 2 is 1.83 bits per heavy atom. The molecule has 1 fully saturated rings. The number of para-hydroxylation sites is 2. The third-order valence-electron chi connectivity index (χ3n) is 3.99. The minimum absolute atomic E-state index is 0.338. The third-order valence-corrected chi connectivity index (χ3v) is 5.85. The first-order valence-electron chi connectivity index (χ1n) is 8.66. The standard InChI is InChI=1S/C19H17Cl4N3O2S/c20-12-5-6-15(13(21)11-12)28-16-4-2-1-3-14(16)24-19(27)25-18(17(22)23)26-7-9-29-10-8-26/h1-6,11,17H,7-10H2,(H,24,27)/b25-18+. The maximum atomic E-state index is 12.5. The number of thioether (sulfide) groups is 1. The second kappa shape index (κ2) is 10.6. The second-order valence-corrected chi connectivity index (χ2v) is 9.14. The van der Waals surface area contributed by atoms with Crippen LogP contribution in [0.4, 0.5) is 10.5 Å². The van der Waals surface area contributed by atoms with Crippen molar-refractivity contribution in [2.45, 2.75) is 4.84 Å². The molecule has 3 rings (SSSR count). The molecule has 0 aliphatic carbocycles. The molecule has 1 saturated heterocycles. The van der Waals surface area contributed by atoms with Gasteiger partial charge >= 0.3 is 6.03 Å². The Balaban J connectivity index is 1.78. The molecule has 1 aliphatic heterocycles. The Kier molecular flexibility index (Phi) is 8.21. The molecule has 0 radical (unpaired) electrons. The summed E-state index contributed by atoms with van der Waals surface area (Å²) >= 11 is 26.0. The molecule has 0 bridgehead atoms. The largest absolute Gasteiger partial charge is 0.454 e. The number of rotatable bonds is 4. The first kappa shape index (κ1) is 22.4. The Hall–Kier alpha value is -1.31. The SMILES string of the molecule is O=C(/N=C(\C(Cl)Cl)N1CCSCC1)Nc1ccccc1Oc1ccc(Cl)cc1Cl. The lowest BCUT2D eigenvalue weighted by Gasteiger charge is -2.29. The van der Waals surface area contributed by atoms with E-state index in [-0.39, 0.29) is 0 Å². The smallest absolute Gasteiger partial charge is 0.347 e. The molecule has 1 N–H and O–H groups in total. The number of nitrogens with zero attached hydrogens (tertiary/aromatic N) is 2. The summed E-state index contributed by atoms with van der Waals surface area (Å²) < 4.78 is 5.85. The van der Waals surface area contributed by atoms with E-state index in [0.717, 1.165) is 24.6 Å². The topological polar surface area (TPSA) is 53.9 Å². The minimum atomic E-state index is -0.900. The number of ether oxygens (including phenoxy) is 1. The normalized spacial score (nSPS) is 14.8. The van der Waals surface area contributed by atoms with E-state index in [1.165, 1.54) is 0 Å². The Labute approximate surface area is 193 Å². The first-order chi connectivity index (χ1) is 13.9. The van der Waals surface area contributed by atoms with E-state index in [1.807, 2.05) is 16.7 Å². The minimum Gasteiger partial charge on any atom is -0.454 e. The van der Waals surface area contributed by atoms with Crippen molar-refractivity contribution in [1.29, 1.82) is 0 Å². The number of alkyl halides is 2. The van der Waals surface area contributed by atoms with Gasteiger partial charge in [-0.2, -0.15) is 16.8 Å². The van der Waals surface area contributed by atoms with E-state index in [0.29, 0.717) is 33.1 Å². The fourth-order valence-corrected chi connectivity index (χ4v) is 4.36. The van der Waals surface area contributed by atoms with Crippen LogP contribution in [0.5, 0.6) is 11.5 Å². The maximum Gasteiger partial charge on any atom is 0.347 e. The molecule has 0 spiro atoms. The third kappa shape index (κ3) is 6.33. The lowest BCUT2D eigenvalue weighted by molar-refractivity contribution is 0.259.